The van der Waals surface area contributed by atoms with Crippen LogP contribution in [0.25, 0.3) is 0 Å². The van der Waals surface area contributed by atoms with Crippen LogP contribution in [-0.2, 0) is 25.8 Å². The molecule has 2 aliphatic heterocycles. The summed E-state index contributed by atoms with van der Waals surface area (Å²) in [6.07, 6.45) is -4.88. The Kier molecular flexibility index (Phi) is 6.81. The molecule has 0 saturated carbocycles. The minimum absolute atomic E-state index is 0.0981. The molecule has 0 aliphatic carbocycles. The molecular weight excluding hydrogens is 441 g/mol. The molecule has 1 N–H and O–H groups in total. The first-order chi connectivity index (χ1) is 15.0. The standard InChI is InChI=1S/C18H19F3N4O7/c19-18(20,21)16(27)32-23-8-12(9-23)22-15(26)14-2-1-7-24(14)17(28)31-10-11-3-5-13(6-4-11)25(29)30/h3-6,12,14H,1-2,7-10H2,(H,22,26)/t14-/m1/s1. The van der Waals surface area contributed by atoms with Crippen LogP contribution in [0.3, 0.4) is 0 Å². The number of nitrogens with one attached hydrogen (secondary N) is 1. The van der Waals surface area contributed by atoms with E-state index in [1.54, 1.807) is 0 Å². The van der Waals surface area contributed by atoms with E-state index in [9.17, 15) is 37.7 Å². The number of rotatable bonds is 6. The van der Waals surface area contributed by atoms with E-state index in [2.05, 4.69) is 10.2 Å². The molecule has 1 aromatic carbocycles. The molecule has 0 radical (unpaired) electrons. The van der Waals surface area contributed by atoms with E-state index >= 15 is 0 Å². The molecule has 2 amide bonds. The summed E-state index contributed by atoms with van der Waals surface area (Å²) in [4.78, 5) is 51.2. The Morgan fingerprint density at radius 3 is 2.44 bits per heavy atom. The van der Waals surface area contributed by atoms with Gasteiger partial charge < -0.3 is 14.9 Å². The van der Waals surface area contributed by atoms with Crippen LogP contribution in [0.1, 0.15) is 18.4 Å². The highest BCUT2D eigenvalue weighted by Gasteiger charge is 2.45. The van der Waals surface area contributed by atoms with Crippen molar-refractivity contribution in [2.24, 2.45) is 0 Å². The molecule has 0 spiro atoms. The molecule has 3 rings (SSSR count). The van der Waals surface area contributed by atoms with Crippen molar-refractivity contribution in [2.45, 2.75) is 37.7 Å². The van der Waals surface area contributed by atoms with Crippen molar-refractivity contribution >= 4 is 23.7 Å². The second-order valence-electron chi connectivity index (χ2n) is 7.26. The van der Waals surface area contributed by atoms with Gasteiger partial charge in [-0.05, 0) is 30.5 Å². The monoisotopic (exact) mass is 460 g/mol. The summed E-state index contributed by atoms with van der Waals surface area (Å²) in [7, 11) is 0. The maximum absolute atomic E-state index is 12.5. The van der Waals surface area contributed by atoms with Gasteiger partial charge in [-0.25, -0.2) is 9.59 Å². The highest BCUT2D eigenvalue weighted by Crippen LogP contribution is 2.22. The number of ether oxygens (including phenoxy) is 1. The zero-order chi connectivity index (χ0) is 23.5. The van der Waals surface area contributed by atoms with Crippen molar-refractivity contribution < 1.29 is 42.1 Å². The van der Waals surface area contributed by atoms with Gasteiger partial charge in [0.15, 0.2) is 0 Å². The van der Waals surface area contributed by atoms with Crippen LogP contribution in [0.5, 0.6) is 0 Å². The summed E-state index contributed by atoms with van der Waals surface area (Å²) in [5.41, 5.74) is 0.436. The van der Waals surface area contributed by atoms with Gasteiger partial charge in [0.25, 0.3) is 5.69 Å². The number of hydrogen-bond acceptors (Lipinski definition) is 8. The molecule has 1 aromatic rings. The van der Waals surface area contributed by atoms with Crippen LogP contribution in [0, 0.1) is 10.1 Å². The molecule has 0 aromatic heterocycles. The van der Waals surface area contributed by atoms with Crippen molar-refractivity contribution in [1.82, 2.24) is 15.3 Å². The number of carbonyl (C=O) groups excluding carboxylic acids is 3. The molecule has 174 valence electrons. The van der Waals surface area contributed by atoms with E-state index in [1.807, 2.05) is 0 Å². The van der Waals surface area contributed by atoms with Gasteiger partial charge in [-0.3, -0.25) is 19.8 Å². The van der Waals surface area contributed by atoms with E-state index in [1.165, 1.54) is 29.2 Å². The second kappa shape index (κ2) is 9.38. The average molecular weight is 460 g/mol. The Labute approximate surface area is 179 Å². The summed E-state index contributed by atoms with van der Waals surface area (Å²) in [6, 6.07) is 4.14. The first-order valence-corrected chi connectivity index (χ1v) is 9.56. The Balaban J connectivity index is 1.44. The first-order valence-electron chi connectivity index (χ1n) is 9.56. The fourth-order valence-electron chi connectivity index (χ4n) is 3.27. The first kappa shape index (κ1) is 23.2. The zero-order valence-electron chi connectivity index (χ0n) is 16.5. The summed E-state index contributed by atoms with van der Waals surface area (Å²) < 4.78 is 41.7. The fourth-order valence-corrected chi connectivity index (χ4v) is 3.27. The quantitative estimate of drug-likeness (QED) is 0.499. The Bertz CT molecular complexity index is 888. The molecule has 2 heterocycles. The Morgan fingerprint density at radius 2 is 1.84 bits per heavy atom. The third kappa shape index (κ3) is 5.63. The predicted molar refractivity (Wildman–Crippen MR) is 98.7 cm³/mol. The molecule has 2 saturated heterocycles. The van der Waals surface area contributed by atoms with Gasteiger partial charge in [-0.2, -0.15) is 13.2 Å². The van der Waals surface area contributed by atoms with E-state index in [-0.39, 0.29) is 31.9 Å². The summed E-state index contributed by atoms with van der Waals surface area (Å²) in [5.74, 6) is -2.82. The van der Waals surface area contributed by atoms with Crippen LogP contribution < -0.4 is 5.32 Å². The molecule has 2 fully saturated rings. The number of nitrogens with zero attached hydrogens (tertiary/aromatic N) is 3. The van der Waals surface area contributed by atoms with Gasteiger partial charge in [-0.1, -0.05) is 0 Å². The Morgan fingerprint density at radius 1 is 1.19 bits per heavy atom. The normalized spacial score (nSPS) is 19.2. The molecule has 1 atom stereocenters. The van der Waals surface area contributed by atoms with Gasteiger partial charge in [0.1, 0.15) is 12.6 Å². The minimum Gasteiger partial charge on any atom is -0.445 e. The number of hydroxylamine groups is 2. The van der Waals surface area contributed by atoms with Crippen LogP contribution in [0.4, 0.5) is 23.7 Å². The van der Waals surface area contributed by atoms with E-state index in [4.69, 9.17) is 4.74 Å². The lowest BCUT2D eigenvalue weighted by Gasteiger charge is -2.38. The second-order valence-corrected chi connectivity index (χ2v) is 7.26. The van der Waals surface area contributed by atoms with Gasteiger partial charge >= 0.3 is 18.2 Å². The molecule has 0 unspecified atom stereocenters. The third-order valence-electron chi connectivity index (χ3n) is 4.94. The molecule has 11 nitrogen and oxygen atoms in total. The number of non-ortho nitro benzene ring substituents is 1. The van der Waals surface area contributed by atoms with E-state index in [0.717, 1.165) is 5.06 Å². The van der Waals surface area contributed by atoms with Gasteiger partial charge in [0.2, 0.25) is 5.91 Å². The van der Waals surface area contributed by atoms with Crippen LogP contribution in [0.2, 0.25) is 0 Å². The van der Waals surface area contributed by atoms with Crippen molar-refractivity contribution in [3.05, 3.63) is 39.9 Å². The van der Waals surface area contributed by atoms with Gasteiger partial charge in [0, 0.05) is 18.7 Å². The van der Waals surface area contributed by atoms with E-state index in [0.29, 0.717) is 18.4 Å². The molecule has 2 aliphatic rings. The van der Waals surface area contributed by atoms with Gasteiger partial charge in [-0.15, -0.1) is 5.06 Å². The third-order valence-corrected chi connectivity index (χ3v) is 4.94. The number of alkyl halides is 3. The number of amides is 2. The number of hydrogen-bond donors (Lipinski definition) is 1. The smallest absolute Gasteiger partial charge is 0.445 e. The highest BCUT2D eigenvalue weighted by atomic mass is 19.4. The van der Waals surface area contributed by atoms with Crippen molar-refractivity contribution in [3.8, 4) is 0 Å². The van der Waals surface area contributed by atoms with Crippen LogP contribution in [-0.4, -0.2) is 70.8 Å². The molecule has 0 bridgehead atoms. The average Bonchev–Trinajstić information content (AvgIpc) is 3.20. The number of benzene rings is 1. The van der Waals surface area contributed by atoms with Crippen LogP contribution in [0.15, 0.2) is 24.3 Å². The highest BCUT2D eigenvalue weighted by molar-refractivity contribution is 5.86. The lowest BCUT2D eigenvalue weighted by atomic mass is 10.1. The SMILES string of the molecule is O=C(NC1CN(OC(=O)C(F)(F)F)C1)[C@H]1CCCN1C(=O)OCc1ccc([N+](=O)[O-])cc1. The zero-order valence-corrected chi connectivity index (χ0v) is 16.5. The predicted octanol–water partition coefficient (Wildman–Crippen LogP) is 1.52. The summed E-state index contributed by atoms with van der Waals surface area (Å²) >= 11 is 0. The summed E-state index contributed by atoms with van der Waals surface area (Å²) in [6.45, 7) is -0.0588. The fraction of sp³-hybridized carbons (Fsp3) is 0.500. The Hall–Kier alpha value is -3.42. The van der Waals surface area contributed by atoms with Gasteiger partial charge in [0.05, 0.1) is 24.1 Å². The maximum Gasteiger partial charge on any atom is 0.492 e. The molecule has 14 heteroatoms. The lowest BCUT2D eigenvalue weighted by molar-refractivity contribution is -0.384. The number of nitro groups is 1. The number of carbonyl (C=O) groups is 3. The van der Waals surface area contributed by atoms with Crippen molar-refractivity contribution in [3.63, 3.8) is 0 Å². The largest absolute Gasteiger partial charge is 0.492 e. The number of halogens is 3. The summed E-state index contributed by atoms with van der Waals surface area (Å²) in [5, 5.41) is 14.1. The van der Waals surface area contributed by atoms with Crippen LogP contribution >= 0.6 is 0 Å². The topological polar surface area (TPSA) is 131 Å². The minimum atomic E-state index is -5.10. The van der Waals surface area contributed by atoms with Crippen molar-refractivity contribution in [1.29, 1.82) is 0 Å². The maximum atomic E-state index is 12.5. The molecular formula is C18H19F3N4O7. The van der Waals surface area contributed by atoms with Crippen molar-refractivity contribution in [2.75, 3.05) is 19.6 Å². The number of nitro benzene ring substituents is 1. The number of likely N-dealkylation sites (tertiary alicyclic amines) is 1. The van der Waals surface area contributed by atoms with E-state index < -0.39 is 41.2 Å². The molecule has 32 heavy (non-hydrogen) atoms. The lowest BCUT2D eigenvalue weighted by Crippen LogP contribution is -2.62.